The van der Waals surface area contributed by atoms with E-state index in [1.165, 1.54) is 5.56 Å². The quantitative estimate of drug-likeness (QED) is 0.915. The summed E-state index contributed by atoms with van der Waals surface area (Å²) in [6.45, 7) is 3.69. The third kappa shape index (κ3) is 4.47. The molecular formula is C20H28N2O2. The molecular weight excluding hydrogens is 300 g/mol. The highest BCUT2D eigenvalue weighted by molar-refractivity contribution is 5.57. The minimum absolute atomic E-state index is 0.540. The molecule has 1 fully saturated rings. The molecule has 2 heterocycles. The molecule has 1 saturated heterocycles. The van der Waals surface area contributed by atoms with Gasteiger partial charge in [0.25, 0.3) is 0 Å². The number of hydrogen-bond acceptors (Lipinski definition) is 4. The summed E-state index contributed by atoms with van der Waals surface area (Å²) in [4.78, 5) is 4.54. The molecule has 130 valence electrons. The second kappa shape index (κ2) is 7.51. The molecule has 1 unspecified atom stereocenters. The average Bonchev–Trinajstić information content (AvgIpc) is 3.01. The van der Waals surface area contributed by atoms with E-state index in [1.807, 2.05) is 26.2 Å². The maximum absolute atomic E-state index is 10.8. The molecule has 0 amide bonds. The van der Waals surface area contributed by atoms with E-state index in [0.717, 1.165) is 56.8 Å². The number of likely N-dealkylation sites (N-methyl/N-ethyl adjacent to an activating group) is 1. The van der Waals surface area contributed by atoms with Crippen molar-refractivity contribution in [3.05, 3.63) is 48.2 Å². The van der Waals surface area contributed by atoms with E-state index in [9.17, 15) is 5.11 Å². The Balaban J connectivity index is 1.58. The molecule has 1 N–H and O–H groups in total. The van der Waals surface area contributed by atoms with Crippen molar-refractivity contribution in [2.24, 2.45) is 0 Å². The third-order valence-corrected chi connectivity index (χ3v) is 4.79. The van der Waals surface area contributed by atoms with Crippen LogP contribution >= 0.6 is 0 Å². The lowest BCUT2D eigenvalue weighted by atomic mass is 9.94. The van der Waals surface area contributed by atoms with Crippen molar-refractivity contribution in [3.8, 4) is 11.3 Å². The van der Waals surface area contributed by atoms with Crippen LogP contribution in [-0.4, -0.2) is 54.2 Å². The molecule has 2 aromatic rings. The fourth-order valence-electron chi connectivity index (χ4n) is 3.62. The number of hydrogen-bond donors (Lipinski definition) is 1. The van der Waals surface area contributed by atoms with Crippen LogP contribution in [0.5, 0.6) is 0 Å². The van der Waals surface area contributed by atoms with E-state index in [1.54, 1.807) is 6.26 Å². The molecule has 4 heteroatoms. The highest BCUT2D eigenvalue weighted by Gasteiger charge is 2.30. The van der Waals surface area contributed by atoms with Gasteiger partial charge in [0.1, 0.15) is 5.76 Å². The predicted octanol–water partition coefficient (Wildman–Crippen LogP) is 3.23. The Morgan fingerprint density at radius 2 is 1.92 bits per heavy atom. The van der Waals surface area contributed by atoms with Gasteiger partial charge in [0.05, 0.1) is 11.9 Å². The Kier molecular flexibility index (Phi) is 5.39. The molecule has 4 nitrogen and oxygen atoms in total. The first-order valence-corrected chi connectivity index (χ1v) is 8.76. The lowest BCUT2D eigenvalue weighted by Gasteiger charge is -2.30. The second-order valence-corrected chi connectivity index (χ2v) is 7.27. The third-order valence-electron chi connectivity index (χ3n) is 4.79. The van der Waals surface area contributed by atoms with E-state index < -0.39 is 5.60 Å². The fraction of sp³-hybridized carbons (Fsp3) is 0.500. The molecule has 1 aromatic heterocycles. The molecule has 1 aliphatic rings. The maximum atomic E-state index is 10.8. The summed E-state index contributed by atoms with van der Waals surface area (Å²) in [5.41, 5.74) is 1.88. The molecule has 1 aliphatic heterocycles. The van der Waals surface area contributed by atoms with Crippen molar-refractivity contribution in [2.45, 2.75) is 31.4 Å². The topological polar surface area (TPSA) is 39.9 Å². The predicted molar refractivity (Wildman–Crippen MR) is 96.8 cm³/mol. The number of aliphatic hydroxyl groups is 1. The Hall–Kier alpha value is -1.62. The Labute approximate surface area is 144 Å². The Bertz CT molecular complexity index is 622. The first kappa shape index (κ1) is 17.2. The molecule has 1 atom stereocenters. The van der Waals surface area contributed by atoms with E-state index in [2.05, 4.69) is 34.1 Å². The number of nitrogens with zero attached hydrogens (tertiary/aromatic N) is 2. The second-order valence-electron chi connectivity index (χ2n) is 7.27. The fourth-order valence-corrected chi connectivity index (χ4v) is 3.62. The van der Waals surface area contributed by atoms with Crippen molar-refractivity contribution in [2.75, 3.05) is 33.7 Å². The summed E-state index contributed by atoms with van der Waals surface area (Å²) < 4.78 is 5.44. The van der Waals surface area contributed by atoms with Gasteiger partial charge >= 0.3 is 0 Å². The molecule has 0 spiro atoms. The number of furan rings is 1. The van der Waals surface area contributed by atoms with E-state index in [4.69, 9.17) is 4.42 Å². The minimum atomic E-state index is -0.540. The van der Waals surface area contributed by atoms with E-state index in [0.29, 0.717) is 0 Å². The summed E-state index contributed by atoms with van der Waals surface area (Å²) in [6.07, 6.45) is 4.49. The van der Waals surface area contributed by atoms with Crippen LogP contribution in [0.15, 0.2) is 47.1 Å². The van der Waals surface area contributed by atoms with Crippen LogP contribution in [0.2, 0.25) is 0 Å². The maximum Gasteiger partial charge on any atom is 0.133 e. The van der Waals surface area contributed by atoms with Gasteiger partial charge in [0, 0.05) is 25.2 Å². The van der Waals surface area contributed by atoms with Gasteiger partial charge in [-0.25, -0.2) is 0 Å². The van der Waals surface area contributed by atoms with Gasteiger partial charge < -0.3 is 14.4 Å². The largest absolute Gasteiger partial charge is 0.464 e. The molecule has 1 aromatic carbocycles. The van der Waals surface area contributed by atoms with E-state index >= 15 is 0 Å². The number of likely N-dealkylation sites (tertiary alicyclic amines) is 1. The SMILES string of the molecule is CN(C)CC1(O)CCCN(Cc2ccc(-c3ccco3)cc2)CC1. The summed E-state index contributed by atoms with van der Waals surface area (Å²) in [5.74, 6) is 0.907. The zero-order valence-electron chi connectivity index (χ0n) is 14.7. The van der Waals surface area contributed by atoms with Crippen molar-refractivity contribution in [1.82, 2.24) is 9.80 Å². The van der Waals surface area contributed by atoms with Crippen LogP contribution in [0.3, 0.4) is 0 Å². The van der Waals surface area contributed by atoms with Gasteiger partial charge in [-0.3, -0.25) is 4.90 Å². The lowest BCUT2D eigenvalue weighted by molar-refractivity contribution is 0.00258. The molecule has 24 heavy (non-hydrogen) atoms. The van der Waals surface area contributed by atoms with E-state index in [-0.39, 0.29) is 0 Å². The Morgan fingerprint density at radius 1 is 1.12 bits per heavy atom. The molecule has 0 bridgehead atoms. The summed E-state index contributed by atoms with van der Waals surface area (Å²) >= 11 is 0. The van der Waals surface area contributed by atoms with Crippen molar-refractivity contribution in [3.63, 3.8) is 0 Å². The van der Waals surface area contributed by atoms with Gasteiger partial charge in [-0.15, -0.1) is 0 Å². The molecule has 0 aliphatic carbocycles. The van der Waals surface area contributed by atoms with Gasteiger partial charge in [0.2, 0.25) is 0 Å². The minimum Gasteiger partial charge on any atom is -0.464 e. The van der Waals surface area contributed by atoms with Gasteiger partial charge in [-0.05, 0) is 57.6 Å². The standard InChI is InChI=1S/C20H28N2O2/c1-21(2)16-20(23)10-4-12-22(13-11-20)15-17-6-8-18(9-7-17)19-5-3-14-24-19/h3,5-9,14,23H,4,10-13,15-16H2,1-2H3. The van der Waals surface area contributed by atoms with Crippen molar-refractivity contribution >= 4 is 0 Å². The zero-order chi connectivity index (χ0) is 17.0. The summed E-state index contributed by atoms with van der Waals surface area (Å²) in [5, 5.41) is 10.8. The van der Waals surface area contributed by atoms with Crippen LogP contribution < -0.4 is 0 Å². The van der Waals surface area contributed by atoms with Crippen LogP contribution in [0.1, 0.15) is 24.8 Å². The van der Waals surface area contributed by atoms with Crippen LogP contribution in [-0.2, 0) is 6.54 Å². The zero-order valence-corrected chi connectivity index (χ0v) is 14.7. The summed E-state index contributed by atoms with van der Waals surface area (Å²) in [6, 6.07) is 12.5. The summed E-state index contributed by atoms with van der Waals surface area (Å²) in [7, 11) is 4.06. The Morgan fingerprint density at radius 3 is 2.58 bits per heavy atom. The normalized spacial score (nSPS) is 22.7. The van der Waals surface area contributed by atoms with Crippen LogP contribution in [0.4, 0.5) is 0 Å². The van der Waals surface area contributed by atoms with Crippen molar-refractivity contribution < 1.29 is 9.52 Å². The number of rotatable bonds is 5. The van der Waals surface area contributed by atoms with Crippen molar-refractivity contribution in [1.29, 1.82) is 0 Å². The van der Waals surface area contributed by atoms with Gasteiger partial charge in [0.15, 0.2) is 0 Å². The average molecular weight is 328 g/mol. The number of benzene rings is 1. The first-order chi connectivity index (χ1) is 11.5. The monoisotopic (exact) mass is 328 g/mol. The molecule has 0 saturated carbocycles. The highest BCUT2D eigenvalue weighted by Crippen LogP contribution is 2.25. The molecule has 3 rings (SSSR count). The molecule has 0 radical (unpaired) electrons. The van der Waals surface area contributed by atoms with Gasteiger partial charge in [-0.1, -0.05) is 24.3 Å². The lowest BCUT2D eigenvalue weighted by Crippen LogP contribution is -2.40. The van der Waals surface area contributed by atoms with Crippen LogP contribution in [0, 0.1) is 0 Å². The highest BCUT2D eigenvalue weighted by atomic mass is 16.3. The smallest absolute Gasteiger partial charge is 0.133 e. The first-order valence-electron chi connectivity index (χ1n) is 8.76. The van der Waals surface area contributed by atoms with Crippen LogP contribution in [0.25, 0.3) is 11.3 Å². The van der Waals surface area contributed by atoms with Gasteiger partial charge in [-0.2, -0.15) is 0 Å².